The van der Waals surface area contributed by atoms with E-state index in [-0.39, 0.29) is 17.8 Å². The Morgan fingerprint density at radius 2 is 2.06 bits per heavy atom. The second-order valence-electron chi connectivity index (χ2n) is 3.56. The lowest BCUT2D eigenvalue weighted by Gasteiger charge is -2.21. The van der Waals surface area contributed by atoms with E-state index in [1.54, 1.807) is 11.0 Å². The zero-order chi connectivity index (χ0) is 13.0. The second kappa shape index (κ2) is 5.20. The number of anilines is 2. The van der Waals surface area contributed by atoms with Crippen LogP contribution in [0, 0.1) is 0 Å². The van der Waals surface area contributed by atoms with Crippen molar-refractivity contribution < 1.29 is 14.7 Å². The van der Waals surface area contributed by atoms with Crippen molar-refractivity contribution in [2.75, 3.05) is 23.7 Å². The average molecular weight is 237 g/mol. The average Bonchev–Trinajstić information content (AvgIpc) is 2.26. The molecule has 0 aliphatic heterocycles. The summed E-state index contributed by atoms with van der Waals surface area (Å²) in [4.78, 5) is 23.5. The highest BCUT2D eigenvalue weighted by atomic mass is 16.4. The molecule has 0 spiro atoms. The van der Waals surface area contributed by atoms with Crippen molar-refractivity contribution in [3.8, 4) is 0 Å². The number of hydrogen-bond donors (Lipinski definition) is 3. The molecule has 0 heterocycles. The van der Waals surface area contributed by atoms with E-state index in [9.17, 15) is 9.59 Å². The third-order valence-corrected chi connectivity index (χ3v) is 2.36. The van der Waals surface area contributed by atoms with Gasteiger partial charge in [0.25, 0.3) is 0 Å². The molecule has 92 valence electrons. The zero-order valence-electron chi connectivity index (χ0n) is 9.51. The minimum Gasteiger partial charge on any atom is -0.478 e. The Morgan fingerprint density at radius 3 is 2.53 bits per heavy atom. The highest BCUT2D eigenvalue weighted by molar-refractivity contribution is 5.95. The third-order valence-electron chi connectivity index (χ3n) is 2.36. The van der Waals surface area contributed by atoms with Crippen LogP contribution in [-0.2, 0) is 4.79 Å². The lowest BCUT2D eigenvalue weighted by molar-refractivity contribution is -0.116. The molecule has 0 unspecified atom stereocenters. The van der Waals surface area contributed by atoms with Gasteiger partial charge in [0.2, 0.25) is 5.91 Å². The van der Waals surface area contributed by atoms with Gasteiger partial charge in [0.15, 0.2) is 0 Å². The molecule has 1 aromatic carbocycles. The first kappa shape index (κ1) is 12.8. The number of carboxylic acids is 1. The molecule has 0 atom stereocenters. The molecule has 0 saturated heterocycles. The number of amides is 1. The number of primary amides is 1. The monoisotopic (exact) mass is 237 g/mol. The largest absolute Gasteiger partial charge is 0.478 e. The van der Waals surface area contributed by atoms with Crippen molar-refractivity contribution in [1.82, 2.24) is 0 Å². The molecular weight excluding hydrogens is 222 g/mol. The molecule has 6 nitrogen and oxygen atoms in total. The number of likely N-dealkylation sites (N-methyl/N-ethyl adjacent to an activating group) is 1. The number of carbonyl (C=O) groups is 2. The van der Waals surface area contributed by atoms with Crippen molar-refractivity contribution in [2.45, 2.75) is 6.92 Å². The molecule has 1 amide bonds. The molecule has 17 heavy (non-hydrogen) atoms. The molecular formula is C11H15N3O3. The molecule has 0 radical (unpaired) electrons. The van der Waals surface area contributed by atoms with E-state index in [4.69, 9.17) is 16.6 Å². The summed E-state index contributed by atoms with van der Waals surface area (Å²) >= 11 is 0. The molecule has 6 heteroatoms. The summed E-state index contributed by atoms with van der Waals surface area (Å²) in [7, 11) is 0. The first-order valence-electron chi connectivity index (χ1n) is 5.11. The summed E-state index contributed by atoms with van der Waals surface area (Å²) < 4.78 is 0. The number of nitrogens with two attached hydrogens (primary N) is 2. The van der Waals surface area contributed by atoms with Crippen molar-refractivity contribution in [3.63, 3.8) is 0 Å². The molecule has 0 aliphatic rings. The van der Waals surface area contributed by atoms with Gasteiger partial charge in [-0.15, -0.1) is 0 Å². The normalized spacial score (nSPS) is 9.94. The van der Waals surface area contributed by atoms with Crippen LogP contribution >= 0.6 is 0 Å². The first-order valence-corrected chi connectivity index (χ1v) is 5.11. The molecule has 5 N–H and O–H groups in total. The molecule has 1 aromatic rings. The van der Waals surface area contributed by atoms with E-state index >= 15 is 0 Å². The van der Waals surface area contributed by atoms with Crippen LogP contribution in [0.3, 0.4) is 0 Å². The van der Waals surface area contributed by atoms with Crippen LogP contribution in [-0.4, -0.2) is 30.1 Å². The fraction of sp³-hybridized carbons (Fsp3) is 0.273. The van der Waals surface area contributed by atoms with Crippen molar-refractivity contribution in [3.05, 3.63) is 23.8 Å². The van der Waals surface area contributed by atoms with Crippen LogP contribution in [0.2, 0.25) is 0 Å². The maximum atomic E-state index is 10.9. The number of hydrogen-bond acceptors (Lipinski definition) is 4. The Balaban J connectivity index is 3.08. The Morgan fingerprint density at radius 1 is 1.41 bits per heavy atom. The molecule has 0 bridgehead atoms. The standard InChI is InChI=1S/C11H15N3O3/c1-2-14(6-10(13)15)7-3-4-9(12)8(5-7)11(16)17/h3-5H,2,6,12H2,1H3,(H2,13,15)(H,16,17). The van der Waals surface area contributed by atoms with Gasteiger partial charge >= 0.3 is 5.97 Å². The number of rotatable bonds is 5. The SMILES string of the molecule is CCN(CC(N)=O)c1ccc(N)c(C(=O)O)c1. The van der Waals surface area contributed by atoms with Gasteiger partial charge in [-0.25, -0.2) is 4.79 Å². The Kier molecular flexibility index (Phi) is 3.92. The van der Waals surface area contributed by atoms with Crippen LogP contribution in [0.5, 0.6) is 0 Å². The fourth-order valence-corrected chi connectivity index (χ4v) is 1.50. The summed E-state index contributed by atoms with van der Waals surface area (Å²) in [6.45, 7) is 2.44. The Bertz CT molecular complexity index is 446. The van der Waals surface area contributed by atoms with E-state index in [2.05, 4.69) is 0 Å². The van der Waals surface area contributed by atoms with Crippen molar-refractivity contribution >= 4 is 23.3 Å². The van der Waals surface area contributed by atoms with Crippen LogP contribution in [0.15, 0.2) is 18.2 Å². The highest BCUT2D eigenvalue weighted by Crippen LogP contribution is 2.21. The van der Waals surface area contributed by atoms with Gasteiger partial charge in [0.1, 0.15) is 0 Å². The number of carboxylic acid groups (broad SMARTS) is 1. The van der Waals surface area contributed by atoms with E-state index in [0.29, 0.717) is 12.2 Å². The molecule has 0 saturated carbocycles. The number of aromatic carboxylic acids is 1. The van der Waals surface area contributed by atoms with E-state index < -0.39 is 11.9 Å². The number of benzene rings is 1. The van der Waals surface area contributed by atoms with E-state index in [1.807, 2.05) is 6.92 Å². The molecule has 0 aliphatic carbocycles. The summed E-state index contributed by atoms with van der Waals surface area (Å²) in [6.07, 6.45) is 0. The lowest BCUT2D eigenvalue weighted by atomic mass is 10.1. The summed E-state index contributed by atoms with van der Waals surface area (Å²) in [6, 6.07) is 4.60. The lowest BCUT2D eigenvalue weighted by Crippen LogP contribution is -2.33. The van der Waals surface area contributed by atoms with Gasteiger partial charge in [0, 0.05) is 17.9 Å². The number of nitrogens with zero attached hydrogens (tertiary/aromatic N) is 1. The number of carbonyl (C=O) groups excluding carboxylic acids is 1. The molecule has 1 rings (SSSR count). The maximum absolute atomic E-state index is 10.9. The van der Waals surface area contributed by atoms with Crippen molar-refractivity contribution in [2.24, 2.45) is 5.73 Å². The van der Waals surface area contributed by atoms with Gasteiger partial charge in [-0.2, -0.15) is 0 Å². The van der Waals surface area contributed by atoms with Crippen LogP contribution in [0.25, 0.3) is 0 Å². The van der Waals surface area contributed by atoms with Gasteiger partial charge in [-0.05, 0) is 25.1 Å². The smallest absolute Gasteiger partial charge is 0.337 e. The van der Waals surface area contributed by atoms with Gasteiger partial charge < -0.3 is 21.5 Å². The van der Waals surface area contributed by atoms with Gasteiger partial charge in [-0.1, -0.05) is 0 Å². The van der Waals surface area contributed by atoms with Gasteiger partial charge in [0.05, 0.1) is 12.1 Å². The van der Waals surface area contributed by atoms with E-state index in [0.717, 1.165) is 0 Å². The van der Waals surface area contributed by atoms with Gasteiger partial charge in [-0.3, -0.25) is 4.79 Å². The molecule has 0 aromatic heterocycles. The fourth-order valence-electron chi connectivity index (χ4n) is 1.50. The van der Waals surface area contributed by atoms with Crippen LogP contribution < -0.4 is 16.4 Å². The zero-order valence-corrected chi connectivity index (χ0v) is 9.51. The minimum absolute atomic E-state index is 0.0189. The topological polar surface area (TPSA) is 110 Å². The Hall–Kier alpha value is -2.24. The van der Waals surface area contributed by atoms with Crippen LogP contribution in [0.1, 0.15) is 17.3 Å². The minimum atomic E-state index is -1.10. The van der Waals surface area contributed by atoms with Crippen molar-refractivity contribution in [1.29, 1.82) is 0 Å². The molecule has 0 fully saturated rings. The predicted octanol–water partition coefficient (Wildman–Crippen LogP) is 0.279. The maximum Gasteiger partial charge on any atom is 0.337 e. The predicted molar refractivity (Wildman–Crippen MR) is 64.9 cm³/mol. The summed E-state index contributed by atoms with van der Waals surface area (Å²) in [5.74, 6) is -1.57. The van der Waals surface area contributed by atoms with Crippen LogP contribution in [0.4, 0.5) is 11.4 Å². The first-order chi connectivity index (χ1) is 7.95. The number of nitrogen functional groups attached to an aromatic ring is 1. The quantitative estimate of drug-likeness (QED) is 0.637. The summed E-state index contributed by atoms with van der Waals surface area (Å²) in [5.41, 5.74) is 11.5. The summed E-state index contributed by atoms with van der Waals surface area (Å²) in [5, 5.41) is 8.94. The highest BCUT2D eigenvalue weighted by Gasteiger charge is 2.13. The second-order valence-corrected chi connectivity index (χ2v) is 3.56. The third kappa shape index (κ3) is 3.10. The van der Waals surface area contributed by atoms with E-state index in [1.165, 1.54) is 12.1 Å². The Labute approximate surface area is 98.8 Å².